The lowest BCUT2D eigenvalue weighted by atomic mass is 10.1. The molecule has 24 heavy (non-hydrogen) atoms. The molecule has 0 aliphatic rings. The van der Waals surface area contributed by atoms with E-state index in [0.717, 1.165) is 50.2 Å². The Kier molecular flexibility index (Phi) is 1.77. The van der Waals surface area contributed by atoms with Gasteiger partial charge in [-0.15, -0.1) is 0 Å². The van der Waals surface area contributed by atoms with Crippen LogP contribution in [0, 0.1) is 18.3 Å². The van der Waals surface area contributed by atoms with Gasteiger partial charge < -0.3 is 9.72 Å². The van der Waals surface area contributed by atoms with Gasteiger partial charge in [0, 0.05) is 5.39 Å². The van der Waals surface area contributed by atoms with Crippen LogP contribution in [0.5, 0.6) is 5.75 Å². The zero-order valence-electron chi connectivity index (χ0n) is 13.1. The van der Waals surface area contributed by atoms with Gasteiger partial charge in [0.25, 0.3) is 0 Å². The molecular formula is C18H12N5O+. The molecule has 0 saturated heterocycles. The summed E-state index contributed by atoms with van der Waals surface area (Å²) < 4.78 is 12.1. The van der Waals surface area contributed by atoms with Gasteiger partial charge in [-0.3, -0.25) is 4.40 Å². The summed E-state index contributed by atoms with van der Waals surface area (Å²) in [6.07, 6.45) is 4.11. The SMILES string of the molecule is COc1ccc2[nH]c3c(C#N)c4cc(C)n5cc[n+]6c1c2n3c4c56. The first-order valence-electron chi connectivity index (χ1n) is 7.74. The lowest BCUT2D eigenvalue weighted by Crippen LogP contribution is -2.23. The molecule has 6 heteroatoms. The Bertz CT molecular complexity index is 1460. The minimum absolute atomic E-state index is 0.686. The van der Waals surface area contributed by atoms with Crippen molar-refractivity contribution in [2.75, 3.05) is 7.11 Å². The minimum Gasteiger partial charge on any atom is -0.492 e. The van der Waals surface area contributed by atoms with Gasteiger partial charge in [-0.25, -0.2) is 0 Å². The number of nitrogens with zero attached hydrogens (tertiary/aromatic N) is 4. The maximum Gasteiger partial charge on any atom is 0.317 e. The van der Waals surface area contributed by atoms with Crippen molar-refractivity contribution in [3.63, 3.8) is 0 Å². The van der Waals surface area contributed by atoms with Gasteiger partial charge in [0.1, 0.15) is 46.4 Å². The third-order valence-corrected chi connectivity index (χ3v) is 5.14. The number of aromatic nitrogens is 4. The summed E-state index contributed by atoms with van der Waals surface area (Å²) in [6.45, 7) is 2.06. The molecular weight excluding hydrogens is 302 g/mol. The number of nitrogens with one attached hydrogen (secondary N) is 1. The van der Waals surface area contributed by atoms with Crippen molar-refractivity contribution in [1.82, 2.24) is 13.8 Å². The zero-order valence-corrected chi connectivity index (χ0v) is 13.1. The highest BCUT2D eigenvalue weighted by Gasteiger charge is 2.30. The Morgan fingerprint density at radius 3 is 2.96 bits per heavy atom. The molecule has 5 heterocycles. The number of aromatic amines is 1. The topological polar surface area (TPSA) is 61.7 Å². The number of benzene rings is 1. The molecule has 0 bridgehead atoms. The normalized spacial score (nSPS) is 12.5. The highest BCUT2D eigenvalue weighted by molar-refractivity contribution is 6.09. The van der Waals surface area contributed by atoms with Crippen LogP contribution in [0.2, 0.25) is 0 Å². The average Bonchev–Trinajstić information content (AvgIpc) is 3.25. The summed E-state index contributed by atoms with van der Waals surface area (Å²) in [5.41, 5.74) is 7.79. The number of hydrogen-bond acceptors (Lipinski definition) is 2. The molecule has 0 saturated carbocycles. The third-order valence-electron chi connectivity index (χ3n) is 5.14. The van der Waals surface area contributed by atoms with Gasteiger partial charge in [-0.05, 0) is 25.1 Å². The molecule has 1 N–H and O–H groups in total. The molecule has 6 nitrogen and oxygen atoms in total. The molecule has 0 aliphatic heterocycles. The Labute approximate surface area is 135 Å². The van der Waals surface area contributed by atoms with E-state index in [1.807, 2.05) is 12.1 Å². The lowest BCUT2D eigenvalue weighted by molar-refractivity contribution is -0.479. The number of H-pyrrole nitrogens is 1. The van der Waals surface area contributed by atoms with Crippen LogP contribution in [0.3, 0.4) is 0 Å². The molecule has 0 amide bonds. The molecule has 5 aromatic heterocycles. The average molecular weight is 314 g/mol. The maximum atomic E-state index is 9.75. The van der Waals surface area contributed by atoms with Gasteiger partial charge in [0.2, 0.25) is 5.52 Å². The minimum atomic E-state index is 0.686. The molecule has 0 unspecified atom stereocenters. The van der Waals surface area contributed by atoms with E-state index >= 15 is 0 Å². The molecule has 6 rings (SSSR count). The Morgan fingerprint density at radius 2 is 2.17 bits per heavy atom. The van der Waals surface area contributed by atoms with Crippen LogP contribution in [-0.2, 0) is 0 Å². The highest BCUT2D eigenvalue weighted by Crippen LogP contribution is 2.38. The number of rotatable bonds is 1. The summed E-state index contributed by atoms with van der Waals surface area (Å²) in [7, 11) is 1.69. The number of ether oxygens (including phenoxy) is 1. The fourth-order valence-electron chi connectivity index (χ4n) is 4.18. The Balaban J connectivity index is 2.16. The van der Waals surface area contributed by atoms with Gasteiger partial charge in [0.05, 0.1) is 12.6 Å². The second-order valence-corrected chi connectivity index (χ2v) is 6.22. The van der Waals surface area contributed by atoms with Crippen molar-refractivity contribution in [2.24, 2.45) is 0 Å². The lowest BCUT2D eigenvalue weighted by Gasteiger charge is -2.07. The van der Waals surface area contributed by atoms with Crippen molar-refractivity contribution in [1.29, 1.82) is 5.26 Å². The molecule has 0 radical (unpaired) electrons. The first-order chi connectivity index (χ1) is 11.7. The van der Waals surface area contributed by atoms with Gasteiger partial charge in [-0.1, -0.05) is 0 Å². The number of methoxy groups -OCH3 is 1. The summed E-state index contributed by atoms with van der Waals surface area (Å²) in [6, 6.07) is 8.44. The number of imidazole rings is 2. The van der Waals surface area contributed by atoms with Crippen LogP contribution >= 0.6 is 0 Å². The molecule has 0 spiro atoms. The molecule has 6 aromatic rings. The quantitative estimate of drug-likeness (QED) is 0.374. The number of nitriles is 1. The predicted octanol–water partition coefficient (Wildman–Crippen LogP) is 2.63. The molecule has 114 valence electrons. The molecule has 1 aromatic carbocycles. The van der Waals surface area contributed by atoms with E-state index in [4.69, 9.17) is 4.74 Å². The fraction of sp³-hybridized carbons (Fsp3) is 0.111. The monoisotopic (exact) mass is 314 g/mol. The number of aryl methyl sites for hydroxylation is 1. The highest BCUT2D eigenvalue weighted by atomic mass is 16.5. The molecule has 0 aliphatic carbocycles. The maximum absolute atomic E-state index is 9.75. The van der Waals surface area contributed by atoms with Crippen molar-refractivity contribution in [3.05, 3.63) is 41.9 Å². The predicted molar refractivity (Wildman–Crippen MR) is 89.3 cm³/mol. The smallest absolute Gasteiger partial charge is 0.317 e. The van der Waals surface area contributed by atoms with E-state index < -0.39 is 0 Å². The van der Waals surface area contributed by atoms with E-state index in [-0.39, 0.29) is 0 Å². The van der Waals surface area contributed by atoms with E-state index in [1.54, 1.807) is 7.11 Å². The number of pyridine rings is 1. The number of fused-ring (bicyclic) bond motifs is 1. The number of hydrogen-bond donors (Lipinski definition) is 1. The van der Waals surface area contributed by atoms with Crippen LogP contribution in [0.1, 0.15) is 11.3 Å². The molecule has 0 atom stereocenters. The Hall–Kier alpha value is -3.46. The van der Waals surface area contributed by atoms with Crippen LogP contribution in [0.25, 0.3) is 38.7 Å². The Morgan fingerprint density at radius 1 is 1.29 bits per heavy atom. The van der Waals surface area contributed by atoms with Gasteiger partial charge >= 0.3 is 5.65 Å². The first-order valence-corrected chi connectivity index (χ1v) is 7.74. The van der Waals surface area contributed by atoms with E-state index in [9.17, 15) is 5.26 Å². The van der Waals surface area contributed by atoms with Crippen molar-refractivity contribution in [3.8, 4) is 11.8 Å². The summed E-state index contributed by atoms with van der Waals surface area (Å²) >= 11 is 0. The zero-order chi connectivity index (χ0) is 16.2. The summed E-state index contributed by atoms with van der Waals surface area (Å²) in [4.78, 5) is 3.42. The van der Waals surface area contributed by atoms with Gasteiger partial charge in [-0.2, -0.15) is 14.1 Å². The van der Waals surface area contributed by atoms with Crippen molar-refractivity contribution < 1.29 is 9.14 Å². The first kappa shape index (κ1) is 12.0. The van der Waals surface area contributed by atoms with Gasteiger partial charge in [0.15, 0.2) is 5.75 Å². The largest absolute Gasteiger partial charge is 0.492 e. The second kappa shape index (κ2) is 3.54. The second-order valence-electron chi connectivity index (χ2n) is 6.22. The van der Waals surface area contributed by atoms with Crippen LogP contribution in [0.15, 0.2) is 30.6 Å². The van der Waals surface area contributed by atoms with Crippen molar-refractivity contribution in [2.45, 2.75) is 6.92 Å². The van der Waals surface area contributed by atoms with E-state index in [1.165, 1.54) is 0 Å². The standard InChI is InChI=1S/C18H11N5O/c1-9-7-10-11(8-19)17-20-12-3-4-13(24-2)16-15(12)23(17)14(10)18-21(9)5-6-22(16)18/h3-7H,1-2H3/p+1. The van der Waals surface area contributed by atoms with E-state index in [2.05, 4.69) is 49.6 Å². The van der Waals surface area contributed by atoms with Crippen LogP contribution < -0.4 is 9.14 Å². The summed E-state index contributed by atoms with van der Waals surface area (Å²) in [5.74, 6) is 0.814. The fourth-order valence-corrected chi connectivity index (χ4v) is 4.18. The summed E-state index contributed by atoms with van der Waals surface area (Å²) in [5, 5.41) is 10.7. The van der Waals surface area contributed by atoms with Crippen LogP contribution in [0.4, 0.5) is 0 Å². The molecule has 0 fully saturated rings. The van der Waals surface area contributed by atoms with E-state index in [0.29, 0.717) is 5.56 Å². The van der Waals surface area contributed by atoms with Crippen LogP contribution in [-0.4, -0.2) is 20.9 Å². The third kappa shape index (κ3) is 1.03. The van der Waals surface area contributed by atoms with Crippen molar-refractivity contribution >= 4 is 38.7 Å².